The summed E-state index contributed by atoms with van der Waals surface area (Å²) in [6, 6.07) is 7.54. The van der Waals surface area contributed by atoms with Crippen LogP contribution in [-0.4, -0.2) is 66.4 Å². The van der Waals surface area contributed by atoms with Gasteiger partial charge in [-0.2, -0.15) is 21.9 Å². The Kier molecular flexibility index (Phi) is 8.87. The van der Waals surface area contributed by atoms with Crippen LogP contribution in [0.1, 0.15) is 10.4 Å². The predicted octanol–water partition coefficient (Wildman–Crippen LogP) is 5.20. The van der Waals surface area contributed by atoms with E-state index in [-0.39, 0.29) is 22.6 Å². The highest BCUT2D eigenvalue weighted by Crippen LogP contribution is 2.48. The first-order valence-corrected chi connectivity index (χ1v) is 14.9. The van der Waals surface area contributed by atoms with Gasteiger partial charge in [0.25, 0.3) is 25.9 Å². The van der Waals surface area contributed by atoms with Crippen molar-refractivity contribution in [2.45, 2.75) is 9.79 Å². The molecule has 0 saturated carbocycles. The maximum atomic E-state index is 12.2. The van der Waals surface area contributed by atoms with Gasteiger partial charge >= 0.3 is 5.97 Å². The lowest BCUT2D eigenvalue weighted by Crippen LogP contribution is -2.02. The first-order chi connectivity index (χ1) is 21.5. The minimum Gasteiger partial charge on any atom is -0.505 e. The summed E-state index contributed by atoms with van der Waals surface area (Å²) in [5.41, 5.74) is -3.68. The molecule has 0 saturated heterocycles. The summed E-state index contributed by atoms with van der Waals surface area (Å²) in [5.74, 6) is -3.65. The summed E-state index contributed by atoms with van der Waals surface area (Å²) in [6.45, 7) is 0. The normalized spacial score (nSPS) is 12.2. The van der Waals surface area contributed by atoms with E-state index in [1.807, 2.05) is 0 Å². The van der Waals surface area contributed by atoms with E-state index in [2.05, 4.69) is 20.5 Å². The highest BCUT2D eigenvalue weighted by Gasteiger charge is 2.26. The third kappa shape index (κ3) is 6.51. The predicted molar refractivity (Wildman–Crippen MR) is 155 cm³/mol. The monoisotopic (exact) mass is 677 g/mol. The van der Waals surface area contributed by atoms with Crippen molar-refractivity contribution in [2.24, 2.45) is 20.5 Å². The minimum absolute atomic E-state index is 0.000435. The van der Waals surface area contributed by atoms with Gasteiger partial charge in [0.1, 0.15) is 32.4 Å². The van der Waals surface area contributed by atoms with Crippen LogP contribution in [0.4, 0.5) is 28.4 Å². The zero-order valence-electron chi connectivity index (χ0n) is 23.1. The van der Waals surface area contributed by atoms with Crippen molar-refractivity contribution in [3.63, 3.8) is 0 Å². The number of rotatable bonds is 10. The number of carboxylic acids is 1. The first kappa shape index (κ1) is 33.1. The number of aromatic carboxylic acids is 1. The average Bonchev–Trinajstić information content (AvgIpc) is 2.98. The Bertz CT molecular complexity index is 2220. The van der Waals surface area contributed by atoms with E-state index < -0.39 is 86.1 Å². The SMILES string of the molecule is COc1cc(N=Nc2ccc3cc(S(=O)(=O)O)c(N=Nc4ccc([N+](=O)[O-])c(C(=O)O)c4)c(O)c3c2O)c(S(=O)(=O)O)cc1OC. The van der Waals surface area contributed by atoms with E-state index >= 15 is 0 Å². The molecule has 0 fully saturated rings. The molecule has 0 bridgehead atoms. The number of nitro benzene ring substituents is 1. The number of ether oxygens (including phenoxy) is 2. The van der Waals surface area contributed by atoms with Crippen LogP contribution >= 0.6 is 0 Å². The van der Waals surface area contributed by atoms with Gasteiger partial charge in [0.05, 0.1) is 30.2 Å². The van der Waals surface area contributed by atoms with E-state index in [0.717, 1.165) is 48.5 Å². The average molecular weight is 678 g/mol. The van der Waals surface area contributed by atoms with Crippen LogP contribution in [0.15, 0.2) is 78.8 Å². The lowest BCUT2D eigenvalue weighted by Gasteiger charge is -2.12. The number of nitro groups is 1. The Morgan fingerprint density at radius 3 is 1.96 bits per heavy atom. The lowest BCUT2D eigenvalue weighted by atomic mass is 10.1. The van der Waals surface area contributed by atoms with Crippen molar-refractivity contribution >= 4 is 65.4 Å². The van der Waals surface area contributed by atoms with E-state index in [1.54, 1.807) is 0 Å². The maximum Gasteiger partial charge on any atom is 0.342 e. The van der Waals surface area contributed by atoms with Crippen LogP contribution in [-0.2, 0) is 20.2 Å². The number of azo groups is 2. The van der Waals surface area contributed by atoms with Crippen molar-refractivity contribution < 1.29 is 60.5 Å². The molecule has 4 rings (SSSR count). The van der Waals surface area contributed by atoms with Crippen LogP contribution < -0.4 is 9.47 Å². The number of phenolic OH excluding ortho intramolecular Hbond substituents is 2. The number of hydrogen-bond donors (Lipinski definition) is 5. The summed E-state index contributed by atoms with van der Waals surface area (Å²) in [4.78, 5) is 19.9. The zero-order valence-corrected chi connectivity index (χ0v) is 24.7. The summed E-state index contributed by atoms with van der Waals surface area (Å²) in [7, 11) is -7.53. The van der Waals surface area contributed by atoms with Gasteiger partial charge in [-0.1, -0.05) is 6.07 Å². The number of fused-ring (bicyclic) bond motifs is 1. The van der Waals surface area contributed by atoms with Crippen molar-refractivity contribution in [3.05, 3.63) is 64.2 Å². The molecule has 0 unspecified atom stereocenters. The molecule has 0 aliphatic carbocycles. The second kappa shape index (κ2) is 12.3. The summed E-state index contributed by atoms with van der Waals surface area (Å²) in [6.07, 6.45) is 0. The molecule has 19 nitrogen and oxygen atoms in total. The van der Waals surface area contributed by atoms with Gasteiger partial charge in [0, 0.05) is 18.2 Å². The van der Waals surface area contributed by atoms with Crippen LogP contribution in [0, 0.1) is 10.1 Å². The van der Waals surface area contributed by atoms with Crippen molar-refractivity contribution in [2.75, 3.05) is 14.2 Å². The van der Waals surface area contributed by atoms with Gasteiger partial charge in [-0.05, 0) is 29.7 Å². The summed E-state index contributed by atoms with van der Waals surface area (Å²) >= 11 is 0. The van der Waals surface area contributed by atoms with Gasteiger partial charge in [-0.3, -0.25) is 19.2 Å². The summed E-state index contributed by atoms with van der Waals surface area (Å²) < 4.78 is 77.8. The Morgan fingerprint density at radius 1 is 0.783 bits per heavy atom. The molecule has 0 aliphatic rings. The second-order valence-corrected chi connectivity index (χ2v) is 11.7. The molecule has 46 heavy (non-hydrogen) atoms. The topological polar surface area (TPSA) is 298 Å². The Labute approximate surface area is 257 Å². The lowest BCUT2D eigenvalue weighted by molar-refractivity contribution is -0.385. The van der Waals surface area contributed by atoms with Gasteiger partial charge in [-0.15, -0.1) is 15.3 Å². The van der Waals surface area contributed by atoms with Crippen LogP contribution in [0.25, 0.3) is 10.8 Å². The largest absolute Gasteiger partial charge is 0.505 e. The molecule has 0 amide bonds. The number of nitrogens with zero attached hydrogens (tertiary/aromatic N) is 5. The number of aromatic hydroxyl groups is 2. The third-order valence-corrected chi connectivity index (χ3v) is 7.88. The van der Waals surface area contributed by atoms with Gasteiger partial charge in [0.15, 0.2) is 23.0 Å². The maximum absolute atomic E-state index is 12.2. The first-order valence-electron chi connectivity index (χ1n) is 12.1. The summed E-state index contributed by atoms with van der Waals surface area (Å²) in [5, 5.41) is 56.5. The number of methoxy groups -OCH3 is 2. The van der Waals surface area contributed by atoms with Crippen molar-refractivity contribution in [1.82, 2.24) is 0 Å². The Hall–Kier alpha value is -5.77. The number of carboxylic acid groups (broad SMARTS) is 1. The molecule has 0 heterocycles. The fourth-order valence-corrected chi connectivity index (χ4v) is 5.33. The van der Waals surface area contributed by atoms with Crippen LogP contribution in [0.5, 0.6) is 23.0 Å². The fourth-order valence-electron chi connectivity index (χ4n) is 4.05. The minimum atomic E-state index is -5.12. The third-order valence-electron chi connectivity index (χ3n) is 6.13. The van der Waals surface area contributed by atoms with E-state index in [0.29, 0.717) is 0 Å². The highest BCUT2D eigenvalue weighted by molar-refractivity contribution is 7.86. The molecule has 0 radical (unpaired) electrons. The number of carbonyl (C=O) groups is 1. The van der Waals surface area contributed by atoms with Crippen molar-refractivity contribution in [1.29, 1.82) is 0 Å². The molecule has 4 aromatic carbocycles. The van der Waals surface area contributed by atoms with Gasteiger partial charge < -0.3 is 24.8 Å². The van der Waals surface area contributed by atoms with Gasteiger partial charge in [0.2, 0.25) is 0 Å². The standard InChI is InChI=1S/C25H19N5O14S2/c1-43-17-9-15(19(45(37,38)39)10-18(17)44-2)28-27-14-5-3-11-7-20(46(40,41)42)22(24(32)21(11)23(14)31)29-26-12-4-6-16(30(35)36)13(8-12)25(33)34/h3-10,31-32H,1-2H3,(H,33,34)(H,37,38,39)(H,40,41,42). The van der Waals surface area contributed by atoms with Crippen LogP contribution in [0.3, 0.4) is 0 Å². The molecule has 5 N–H and O–H groups in total. The number of phenols is 2. The number of hydrogen-bond acceptors (Lipinski definition) is 15. The smallest absolute Gasteiger partial charge is 0.342 e. The highest BCUT2D eigenvalue weighted by atomic mass is 32.2. The zero-order chi connectivity index (χ0) is 34.1. The van der Waals surface area contributed by atoms with Gasteiger partial charge in [-0.25, -0.2) is 4.79 Å². The quantitative estimate of drug-likeness (QED) is 0.0624. The van der Waals surface area contributed by atoms with Crippen molar-refractivity contribution in [3.8, 4) is 23.0 Å². The molecule has 0 aromatic heterocycles. The second-order valence-electron chi connectivity index (χ2n) is 8.89. The molecule has 0 aliphatic heterocycles. The number of benzene rings is 4. The van der Waals surface area contributed by atoms with Crippen LogP contribution in [0.2, 0.25) is 0 Å². The Morgan fingerprint density at radius 2 is 1.39 bits per heavy atom. The van der Waals surface area contributed by atoms with E-state index in [1.165, 1.54) is 14.2 Å². The molecule has 0 spiro atoms. The molecule has 0 atom stereocenters. The molecular weight excluding hydrogens is 658 g/mol. The Balaban J connectivity index is 1.90. The van der Waals surface area contributed by atoms with E-state index in [9.17, 15) is 56.2 Å². The molecule has 4 aromatic rings. The fraction of sp³-hybridized carbons (Fsp3) is 0.0800. The molecule has 21 heteroatoms. The molecule has 240 valence electrons. The molecular formula is C25H19N5O14S2. The van der Waals surface area contributed by atoms with E-state index in [4.69, 9.17) is 9.47 Å².